The molecular weight excluding hydrogens is 242 g/mol. The lowest BCUT2D eigenvalue weighted by atomic mass is 10.0. The van der Waals surface area contributed by atoms with E-state index >= 15 is 0 Å². The third-order valence-corrected chi connectivity index (χ3v) is 3.55. The summed E-state index contributed by atoms with van der Waals surface area (Å²) in [6, 6.07) is 0. The molecule has 0 saturated heterocycles. The Morgan fingerprint density at radius 2 is 1.42 bits per heavy atom. The molecular formula is C17H33F2. The number of rotatable bonds is 14. The molecule has 0 spiro atoms. The third-order valence-electron chi connectivity index (χ3n) is 3.55. The van der Waals surface area contributed by atoms with Gasteiger partial charge < -0.3 is 0 Å². The number of hydrogen-bond acceptors (Lipinski definition) is 0. The molecule has 0 nitrogen and oxygen atoms in total. The first-order valence-electron chi connectivity index (χ1n) is 8.30. The zero-order chi connectivity index (χ0) is 14.3. The molecule has 0 rings (SSSR count). The van der Waals surface area contributed by atoms with Gasteiger partial charge in [-0.05, 0) is 19.3 Å². The van der Waals surface area contributed by atoms with Gasteiger partial charge in [-0.15, -0.1) is 0 Å². The minimum atomic E-state index is -0.980. The zero-order valence-electron chi connectivity index (χ0n) is 13.0. The molecule has 19 heavy (non-hydrogen) atoms. The summed E-state index contributed by atoms with van der Waals surface area (Å²) < 4.78 is 27.0. The van der Waals surface area contributed by atoms with Crippen molar-refractivity contribution in [2.24, 2.45) is 0 Å². The number of unbranched alkanes of at least 4 members (excludes halogenated alkanes) is 8. The zero-order valence-corrected chi connectivity index (χ0v) is 13.0. The maximum atomic E-state index is 13.5. The Hall–Kier alpha value is -0.140. The summed E-state index contributed by atoms with van der Waals surface area (Å²) in [6.07, 6.45) is 11.4. The van der Waals surface area contributed by atoms with Crippen LogP contribution in [0.1, 0.15) is 90.9 Å². The Kier molecular flexibility index (Phi) is 14.2. The smallest absolute Gasteiger partial charge is 0.103 e. The van der Waals surface area contributed by atoms with Gasteiger partial charge in [-0.2, -0.15) is 0 Å². The monoisotopic (exact) mass is 275 g/mol. The first-order chi connectivity index (χ1) is 9.20. The van der Waals surface area contributed by atoms with Crippen molar-refractivity contribution >= 4 is 0 Å². The van der Waals surface area contributed by atoms with Gasteiger partial charge in [-0.25, -0.2) is 8.78 Å². The first-order valence-corrected chi connectivity index (χ1v) is 8.30. The average molecular weight is 275 g/mol. The van der Waals surface area contributed by atoms with Crippen LogP contribution in [0.2, 0.25) is 0 Å². The van der Waals surface area contributed by atoms with Crippen LogP contribution in [0, 0.1) is 6.42 Å². The Balaban J connectivity index is 3.30. The molecule has 0 bridgehead atoms. The van der Waals surface area contributed by atoms with Crippen LogP contribution in [-0.4, -0.2) is 12.3 Å². The summed E-state index contributed by atoms with van der Waals surface area (Å²) >= 11 is 0. The second-order valence-electron chi connectivity index (χ2n) is 5.65. The van der Waals surface area contributed by atoms with Crippen molar-refractivity contribution in [3.05, 3.63) is 6.42 Å². The fraction of sp³-hybridized carbons (Fsp3) is 0.941. The summed E-state index contributed by atoms with van der Waals surface area (Å²) in [5.74, 6) is 0. The molecule has 0 aromatic carbocycles. The van der Waals surface area contributed by atoms with Crippen molar-refractivity contribution in [1.82, 2.24) is 0 Å². The molecule has 0 aliphatic rings. The SMILES string of the molecule is CCC[CH]CC(F)CC(F)CCCCCCCCC. The molecule has 2 heteroatoms. The number of hydrogen-bond donors (Lipinski definition) is 0. The molecule has 0 saturated carbocycles. The minimum absolute atomic E-state index is 0.0933. The lowest BCUT2D eigenvalue weighted by Crippen LogP contribution is -2.10. The molecule has 115 valence electrons. The highest BCUT2D eigenvalue weighted by Gasteiger charge is 2.14. The molecule has 1 radical (unpaired) electrons. The van der Waals surface area contributed by atoms with E-state index < -0.39 is 12.3 Å². The van der Waals surface area contributed by atoms with Gasteiger partial charge in [0.15, 0.2) is 0 Å². The summed E-state index contributed by atoms with van der Waals surface area (Å²) in [5.41, 5.74) is 0. The molecule has 0 aromatic rings. The molecule has 0 aliphatic carbocycles. The lowest BCUT2D eigenvalue weighted by Gasteiger charge is -2.11. The predicted molar refractivity (Wildman–Crippen MR) is 80.8 cm³/mol. The van der Waals surface area contributed by atoms with Crippen LogP contribution in [0.3, 0.4) is 0 Å². The van der Waals surface area contributed by atoms with E-state index in [4.69, 9.17) is 0 Å². The van der Waals surface area contributed by atoms with Gasteiger partial charge in [0.1, 0.15) is 12.3 Å². The van der Waals surface area contributed by atoms with Crippen molar-refractivity contribution in [1.29, 1.82) is 0 Å². The topological polar surface area (TPSA) is 0 Å². The highest BCUT2D eigenvalue weighted by atomic mass is 19.1. The van der Waals surface area contributed by atoms with E-state index in [1.165, 1.54) is 32.1 Å². The Morgan fingerprint density at radius 3 is 2.05 bits per heavy atom. The van der Waals surface area contributed by atoms with Crippen LogP contribution in [0.15, 0.2) is 0 Å². The quantitative estimate of drug-likeness (QED) is 0.314. The standard InChI is InChI=1S/C17H33F2/c1-3-5-7-8-9-10-12-14-17(19)15-16(18)13-11-6-4-2/h11,16-17H,3-10,12-15H2,1-2H3. The van der Waals surface area contributed by atoms with Gasteiger partial charge in [0.05, 0.1) is 0 Å². The normalized spacial score (nSPS) is 14.5. The van der Waals surface area contributed by atoms with Crippen LogP contribution in [0.25, 0.3) is 0 Å². The van der Waals surface area contributed by atoms with E-state index in [0.717, 1.165) is 25.7 Å². The van der Waals surface area contributed by atoms with Crippen molar-refractivity contribution in [2.45, 2.75) is 103 Å². The van der Waals surface area contributed by atoms with E-state index in [2.05, 4.69) is 13.8 Å². The molecule has 0 fully saturated rings. The Morgan fingerprint density at radius 1 is 0.789 bits per heavy atom. The van der Waals surface area contributed by atoms with E-state index in [1.807, 2.05) is 6.42 Å². The van der Waals surface area contributed by atoms with E-state index in [9.17, 15) is 8.78 Å². The average Bonchev–Trinajstić information content (AvgIpc) is 2.38. The molecule has 0 aliphatic heterocycles. The van der Waals surface area contributed by atoms with Crippen LogP contribution < -0.4 is 0 Å². The fourth-order valence-electron chi connectivity index (χ4n) is 2.32. The van der Waals surface area contributed by atoms with Crippen molar-refractivity contribution in [2.75, 3.05) is 0 Å². The molecule has 0 aromatic heterocycles. The molecule has 0 amide bonds. The van der Waals surface area contributed by atoms with Gasteiger partial charge in [0, 0.05) is 6.42 Å². The number of alkyl halides is 2. The largest absolute Gasteiger partial charge is 0.247 e. The van der Waals surface area contributed by atoms with Gasteiger partial charge in [0.25, 0.3) is 0 Å². The van der Waals surface area contributed by atoms with E-state index in [0.29, 0.717) is 12.8 Å². The van der Waals surface area contributed by atoms with E-state index in [-0.39, 0.29) is 6.42 Å². The van der Waals surface area contributed by atoms with Crippen LogP contribution >= 0.6 is 0 Å². The van der Waals surface area contributed by atoms with Crippen LogP contribution in [0.4, 0.5) is 8.78 Å². The van der Waals surface area contributed by atoms with E-state index in [1.54, 1.807) is 0 Å². The van der Waals surface area contributed by atoms with Gasteiger partial charge in [-0.1, -0.05) is 71.6 Å². The van der Waals surface area contributed by atoms with Gasteiger partial charge in [0.2, 0.25) is 0 Å². The molecule has 2 unspecified atom stereocenters. The Labute approximate surface area is 119 Å². The van der Waals surface area contributed by atoms with Gasteiger partial charge in [-0.3, -0.25) is 0 Å². The predicted octanol–water partition coefficient (Wildman–Crippen LogP) is 6.59. The van der Waals surface area contributed by atoms with Gasteiger partial charge >= 0.3 is 0 Å². The highest BCUT2D eigenvalue weighted by molar-refractivity contribution is 4.73. The van der Waals surface area contributed by atoms with Crippen molar-refractivity contribution < 1.29 is 8.78 Å². The molecule has 0 N–H and O–H groups in total. The molecule has 2 atom stereocenters. The maximum Gasteiger partial charge on any atom is 0.103 e. The van der Waals surface area contributed by atoms with Crippen molar-refractivity contribution in [3.63, 3.8) is 0 Å². The lowest BCUT2D eigenvalue weighted by molar-refractivity contribution is 0.204. The first kappa shape index (κ1) is 18.9. The maximum absolute atomic E-state index is 13.5. The summed E-state index contributed by atoms with van der Waals surface area (Å²) in [4.78, 5) is 0. The van der Waals surface area contributed by atoms with Crippen molar-refractivity contribution in [3.8, 4) is 0 Å². The number of halogens is 2. The highest BCUT2D eigenvalue weighted by Crippen LogP contribution is 2.18. The second kappa shape index (κ2) is 14.3. The summed E-state index contributed by atoms with van der Waals surface area (Å²) in [6.45, 7) is 4.28. The third kappa shape index (κ3) is 14.1. The second-order valence-corrected chi connectivity index (χ2v) is 5.65. The molecule has 0 heterocycles. The van der Waals surface area contributed by atoms with Crippen LogP contribution in [0.5, 0.6) is 0 Å². The summed E-state index contributed by atoms with van der Waals surface area (Å²) in [7, 11) is 0. The van der Waals surface area contributed by atoms with Crippen LogP contribution in [-0.2, 0) is 0 Å². The fourth-order valence-corrected chi connectivity index (χ4v) is 2.32. The Bertz CT molecular complexity index is 171. The minimum Gasteiger partial charge on any atom is -0.247 e. The summed E-state index contributed by atoms with van der Waals surface area (Å²) in [5, 5.41) is 0.